The van der Waals surface area contributed by atoms with Crippen LogP contribution >= 0.6 is 15.9 Å². The van der Waals surface area contributed by atoms with E-state index in [1.165, 1.54) is 4.90 Å². The summed E-state index contributed by atoms with van der Waals surface area (Å²) < 4.78 is 11.3. The maximum Gasteiger partial charge on any atom is 0.415 e. The van der Waals surface area contributed by atoms with Crippen LogP contribution in [0.2, 0.25) is 0 Å². The number of hydrogen-bond acceptors (Lipinski definition) is 5. The van der Waals surface area contributed by atoms with Gasteiger partial charge in [-0.2, -0.15) is 0 Å². The molecule has 0 radical (unpaired) electrons. The molecule has 0 aliphatic heterocycles. The molecule has 0 saturated carbocycles. The van der Waals surface area contributed by atoms with Gasteiger partial charge < -0.3 is 19.5 Å². The van der Waals surface area contributed by atoms with Crippen LogP contribution in [0, 0.1) is 5.92 Å². The third-order valence-electron chi connectivity index (χ3n) is 5.96. The molecule has 32 heavy (non-hydrogen) atoms. The molecule has 0 aromatic heterocycles. The van der Waals surface area contributed by atoms with E-state index in [1.54, 1.807) is 13.2 Å². The first kappa shape index (κ1) is 24.3. The SMILES string of the molecule is CCN(CC)C(=O)OC1=C(Br)C(=O)[C@@](O)(CCC(C)C)c2cc3c(OC)cccc3cc21. The first-order valence-corrected chi connectivity index (χ1v) is 11.7. The van der Waals surface area contributed by atoms with Gasteiger partial charge in [-0.05, 0) is 72.1 Å². The van der Waals surface area contributed by atoms with Gasteiger partial charge in [-0.15, -0.1) is 0 Å². The van der Waals surface area contributed by atoms with Crippen molar-refractivity contribution in [3.8, 4) is 5.75 Å². The Morgan fingerprint density at radius 2 is 1.91 bits per heavy atom. The highest BCUT2D eigenvalue weighted by atomic mass is 79.9. The number of ketones is 1. The second kappa shape index (κ2) is 9.63. The van der Waals surface area contributed by atoms with E-state index in [0.29, 0.717) is 42.3 Å². The molecule has 7 heteroatoms. The molecule has 2 aromatic rings. The molecule has 6 nitrogen and oxygen atoms in total. The van der Waals surface area contributed by atoms with Gasteiger partial charge in [0.2, 0.25) is 5.78 Å². The smallest absolute Gasteiger partial charge is 0.415 e. The van der Waals surface area contributed by atoms with Crippen LogP contribution in [0.5, 0.6) is 5.75 Å². The molecule has 0 spiro atoms. The van der Waals surface area contributed by atoms with E-state index in [4.69, 9.17) is 9.47 Å². The topological polar surface area (TPSA) is 76.1 Å². The monoisotopic (exact) mass is 503 g/mol. The van der Waals surface area contributed by atoms with Crippen LogP contribution in [0.4, 0.5) is 4.79 Å². The van der Waals surface area contributed by atoms with E-state index in [9.17, 15) is 14.7 Å². The molecule has 0 bridgehead atoms. The van der Waals surface area contributed by atoms with Crippen molar-refractivity contribution >= 4 is 44.3 Å². The van der Waals surface area contributed by atoms with E-state index in [1.807, 2.05) is 52.0 Å². The van der Waals surface area contributed by atoms with E-state index in [-0.39, 0.29) is 16.7 Å². The average Bonchev–Trinajstić information content (AvgIpc) is 2.78. The Morgan fingerprint density at radius 3 is 2.50 bits per heavy atom. The highest BCUT2D eigenvalue weighted by Gasteiger charge is 2.47. The lowest BCUT2D eigenvalue weighted by Gasteiger charge is -2.35. The van der Waals surface area contributed by atoms with Crippen LogP contribution in [0.3, 0.4) is 0 Å². The number of hydrogen-bond donors (Lipinski definition) is 1. The number of amides is 1. The highest BCUT2D eigenvalue weighted by Crippen LogP contribution is 2.46. The second-order valence-corrected chi connectivity index (χ2v) is 9.18. The summed E-state index contributed by atoms with van der Waals surface area (Å²) >= 11 is 3.34. The summed E-state index contributed by atoms with van der Waals surface area (Å²) in [5, 5.41) is 13.3. The molecule has 1 amide bonds. The number of ether oxygens (including phenoxy) is 2. The predicted octanol–water partition coefficient (Wildman–Crippen LogP) is 5.60. The minimum absolute atomic E-state index is 0.0685. The van der Waals surface area contributed by atoms with Crippen molar-refractivity contribution in [2.45, 2.75) is 46.1 Å². The molecule has 2 aromatic carbocycles. The van der Waals surface area contributed by atoms with Crippen molar-refractivity contribution in [3.05, 3.63) is 45.9 Å². The van der Waals surface area contributed by atoms with Gasteiger partial charge in [-0.1, -0.05) is 26.0 Å². The number of Topliss-reactive ketones (excluding diaryl/α,β-unsaturated/α-hetero) is 1. The van der Waals surface area contributed by atoms with Gasteiger partial charge >= 0.3 is 6.09 Å². The maximum absolute atomic E-state index is 13.4. The quantitative estimate of drug-likeness (QED) is 0.532. The summed E-state index contributed by atoms with van der Waals surface area (Å²) in [6.45, 7) is 8.77. The second-order valence-electron chi connectivity index (χ2n) is 8.38. The van der Waals surface area contributed by atoms with E-state index in [2.05, 4.69) is 15.9 Å². The largest absolute Gasteiger partial charge is 0.496 e. The fourth-order valence-electron chi connectivity index (χ4n) is 4.01. The zero-order valence-electron chi connectivity index (χ0n) is 19.2. The number of carbonyl (C=O) groups is 2. The molecule has 1 aliphatic rings. The highest BCUT2D eigenvalue weighted by molar-refractivity contribution is 9.12. The molecule has 3 rings (SSSR count). The van der Waals surface area contributed by atoms with Crippen LogP contribution in [0.25, 0.3) is 16.5 Å². The molecule has 0 unspecified atom stereocenters. The number of carbonyl (C=O) groups excluding carboxylic acids is 2. The summed E-state index contributed by atoms with van der Waals surface area (Å²) in [5.41, 5.74) is -0.798. The summed E-state index contributed by atoms with van der Waals surface area (Å²) in [6.07, 6.45) is 0.364. The number of halogens is 1. The molecule has 0 fully saturated rings. The molecular weight excluding hydrogens is 474 g/mol. The Morgan fingerprint density at radius 1 is 1.22 bits per heavy atom. The van der Waals surface area contributed by atoms with Crippen LogP contribution < -0.4 is 4.74 Å². The van der Waals surface area contributed by atoms with Gasteiger partial charge in [0.05, 0.1) is 7.11 Å². The van der Waals surface area contributed by atoms with Crippen molar-refractivity contribution in [3.63, 3.8) is 0 Å². The fourth-order valence-corrected chi connectivity index (χ4v) is 4.63. The summed E-state index contributed by atoms with van der Waals surface area (Å²) in [5.74, 6) is 0.553. The average molecular weight is 504 g/mol. The third kappa shape index (κ3) is 4.28. The Kier molecular flexibility index (Phi) is 7.30. The zero-order chi connectivity index (χ0) is 23.6. The molecule has 0 saturated heterocycles. The standard InChI is InChI=1S/C25H30BrNO5/c1-6-27(7-2)24(29)32-22-18-13-16-9-8-10-20(31-5)17(16)14-19(18)25(30,12-11-15(3)4)23(28)21(22)26/h8-10,13-15,30H,6-7,11-12H2,1-5H3/t25-/m1/s1. The maximum atomic E-state index is 13.4. The van der Waals surface area contributed by atoms with Gasteiger partial charge in [-0.3, -0.25) is 4.79 Å². The number of aliphatic hydroxyl groups is 1. The Hall–Kier alpha value is -2.38. The summed E-state index contributed by atoms with van der Waals surface area (Å²) in [7, 11) is 1.58. The normalized spacial score (nSPS) is 18.2. The number of rotatable bonds is 7. The third-order valence-corrected chi connectivity index (χ3v) is 6.68. The first-order chi connectivity index (χ1) is 15.2. The molecular formula is C25H30BrNO5. The Labute approximate surface area is 197 Å². The van der Waals surface area contributed by atoms with Crippen LogP contribution in [0.15, 0.2) is 34.8 Å². The van der Waals surface area contributed by atoms with Crippen molar-refractivity contribution in [2.24, 2.45) is 5.92 Å². The first-order valence-electron chi connectivity index (χ1n) is 10.9. The van der Waals surface area contributed by atoms with E-state index >= 15 is 0 Å². The van der Waals surface area contributed by atoms with Crippen LogP contribution in [0.1, 0.15) is 51.7 Å². The Bertz CT molecular complexity index is 1070. The van der Waals surface area contributed by atoms with E-state index < -0.39 is 17.5 Å². The predicted molar refractivity (Wildman–Crippen MR) is 129 cm³/mol. The zero-order valence-corrected chi connectivity index (χ0v) is 20.8. The lowest BCUT2D eigenvalue weighted by molar-refractivity contribution is -0.134. The molecule has 0 heterocycles. The van der Waals surface area contributed by atoms with Gasteiger partial charge in [0.25, 0.3) is 0 Å². The van der Waals surface area contributed by atoms with Crippen molar-refractivity contribution < 1.29 is 24.2 Å². The lowest BCUT2D eigenvalue weighted by Crippen LogP contribution is -2.41. The minimum Gasteiger partial charge on any atom is -0.496 e. The van der Waals surface area contributed by atoms with Gasteiger partial charge in [0.15, 0.2) is 11.4 Å². The fraction of sp³-hybridized carbons (Fsp3) is 0.440. The number of fused-ring (bicyclic) bond motifs is 2. The van der Waals surface area contributed by atoms with Crippen LogP contribution in [-0.4, -0.2) is 42.1 Å². The molecule has 1 aliphatic carbocycles. The summed E-state index contributed by atoms with van der Waals surface area (Å²) in [4.78, 5) is 27.7. The number of nitrogens with zero attached hydrogens (tertiary/aromatic N) is 1. The van der Waals surface area contributed by atoms with Gasteiger partial charge in [-0.25, -0.2) is 4.79 Å². The van der Waals surface area contributed by atoms with Gasteiger partial charge in [0.1, 0.15) is 10.2 Å². The molecule has 1 atom stereocenters. The van der Waals surface area contributed by atoms with Crippen molar-refractivity contribution in [2.75, 3.05) is 20.2 Å². The minimum atomic E-state index is -1.74. The van der Waals surface area contributed by atoms with Crippen molar-refractivity contribution in [1.29, 1.82) is 0 Å². The van der Waals surface area contributed by atoms with E-state index in [0.717, 1.165) is 10.8 Å². The Balaban J connectivity index is 2.25. The van der Waals surface area contributed by atoms with Crippen LogP contribution in [-0.2, 0) is 15.1 Å². The number of methoxy groups -OCH3 is 1. The van der Waals surface area contributed by atoms with Gasteiger partial charge in [0, 0.05) is 29.6 Å². The molecule has 172 valence electrons. The number of benzene rings is 2. The molecule has 1 N–H and O–H groups in total. The van der Waals surface area contributed by atoms with Crippen molar-refractivity contribution in [1.82, 2.24) is 4.90 Å². The lowest BCUT2D eigenvalue weighted by atomic mass is 9.76. The summed E-state index contributed by atoms with van der Waals surface area (Å²) in [6, 6.07) is 9.24.